The van der Waals surface area contributed by atoms with Gasteiger partial charge in [0.25, 0.3) is 0 Å². The maximum absolute atomic E-state index is 11.7. The van der Waals surface area contributed by atoms with E-state index in [1.54, 1.807) is 7.05 Å². The summed E-state index contributed by atoms with van der Waals surface area (Å²) in [7, 11) is 2.97. The standard InChI is InChI=1S/C10H16N2O5/c1-12-4-6(3-8(12)13)9(14)11-7(5-17-2)10(15)16/h6-7H,3-5H2,1-2H3,(H,11,14)(H,15,16). The number of amides is 2. The number of carbonyl (C=O) groups is 3. The smallest absolute Gasteiger partial charge is 0.328 e. The van der Waals surface area contributed by atoms with Crippen molar-refractivity contribution >= 4 is 17.8 Å². The summed E-state index contributed by atoms with van der Waals surface area (Å²) in [4.78, 5) is 35.2. The highest BCUT2D eigenvalue weighted by Gasteiger charge is 2.33. The molecule has 0 aromatic rings. The molecule has 1 aliphatic heterocycles. The molecule has 0 aromatic carbocycles. The van der Waals surface area contributed by atoms with E-state index in [9.17, 15) is 14.4 Å². The molecule has 0 aromatic heterocycles. The number of carboxylic acids is 1. The highest BCUT2D eigenvalue weighted by molar-refractivity contribution is 5.91. The van der Waals surface area contributed by atoms with E-state index in [1.807, 2.05) is 0 Å². The number of ether oxygens (including phenoxy) is 1. The van der Waals surface area contributed by atoms with E-state index in [-0.39, 0.29) is 18.9 Å². The monoisotopic (exact) mass is 244 g/mol. The van der Waals surface area contributed by atoms with E-state index in [2.05, 4.69) is 5.32 Å². The molecule has 96 valence electrons. The molecule has 0 aliphatic carbocycles. The van der Waals surface area contributed by atoms with Crippen molar-refractivity contribution in [2.45, 2.75) is 12.5 Å². The first-order valence-corrected chi connectivity index (χ1v) is 5.21. The van der Waals surface area contributed by atoms with Crippen LogP contribution in [0.3, 0.4) is 0 Å². The molecule has 1 fully saturated rings. The predicted molar refractivity (Wildman–Crippen MR) is 57.2 cm³/mol. The van der Waals surface area contributed by atoms with Gasteiger partial charge in [0.2, 0.25) is 11.8 Å². The van der Waals surface area contributed by atoms with Crippen LogP contribution in [0.1, 0.15) is 6.42 Å². The van der Waals surface area contributed by atoms with Crippen LogP contribution in [0, 0.1) is 5.92 Å². The number of likely N-dealkylation sites (tertiary alicyclic amines) is 1. The molecular formula is C10H16N2O5. The Morgan fingerprint density at radius 2 is 2.29 bits per heavy atom. The van der Waals surface area contributed by atoms with E-state index in [0.717, 1.165) is 0 Å². The number of hydrogen-bond acceptors (Lipinski definition) is 4. The quantitative estimate of drug-likeness (QED) is 0.625. The number of carboxylic acid groups (broad SMARTS) is 1. The van der Waals surface area contributed by atoms with Crippen molar-refractivity contribution in [2.24, 2.45) is 5.92 Å². The van der Waals surface area contributed by atoms with Crippen LogP contribution in [-0.4, -0.2) is 61.1 Å². The molecule has 2 atom stereocenters. The summed E-state index contributed by atoms with van der Waals surface area (Å²) in [6.07, 6.45) is 0.127. The van der Waals surface area contributed by atoms with Gasteiger partial charge in [0.15, 0.2) is 6.04 Å². The Morgan fingerprint density at radius 3 is 2.71 bits per heavy atom. The summed E-state index contributed by atoms with van der Waals surface area (Å²) in [5, 5.41) is 11.2. The molecular weight excluding hydrogens is 228 g/mol. The molecule has 2 unspecified atom stereocenters. The molecule has 7 nitrogen and oxygen atoms in total. The van der Waals surface area contributed by atoms with Gasteiger partial charge in [-0.15, -0.1) is 0 Å². The second-order valence-corrected chi connectivity index (χ2v) is 4.03. The number of methoxy groups -OCH3 is 1. The van der Waals surface area contributed by atoms with Crippen LogP contribution in [0.15, 0.2) is 0 Å². The van der Waals surface area contributed by atoms with Crippen LogP contribution in [0.4, 0.5) is 0 Å². The Balaban J connectivity index is 2.53. The molecule has 1 saturated heterocycles. The van der Waals surface area contributed by atoms with Crippen molar-refractivity contribution in [1.82, 2.24) is 10.2 Å². The van der Waals surface area contributed by atoms with Gasteiger partial charge in [0, 0.05) is 27.1 Å². The molecule has 1 rings (SSSR count). The lowest BCUT2D eigenvalue weighted by Gasteiger charge is -2.16. The summed E-state index contributed by atoms with van der Waals surface area (Å²) >= 11 is 0. The van der Waals surface area contributed by atoms with Crippen molar-refractivity contribution < 1.29 is 24.2 Å². The van der Waals surface area contributed by atoms with Gasteiger partial charge in [-0.3, -0.25) is 9.59 Å². The van der Waals surface area contributed by atoms with Gasteiger partial charge in [-0.2, -0.15) is 0 Å². The Kier molecular flexibility index (Phi) is 4.45. The maximum atomic E-state index is 11.7. The van der Waals surface area contributed by atoms with Crippen LogP contribution < -0.4 is 5.32 Å². The summed E-state index contributed by atoms with van der Waals surface area (Å²) in [6, 6.07) is -1.08. The Labute approximate surface area is 98.7 Å². The largest absolute Gasteiger partial charge is 0.480 e. The SMILES string of the molecule is COCC(NC(=O)C1CC(=O)N(C)C1)C(=O)O. The third-order valence-electron chi connectivity index (χ3n) is 2.66. The second kappa shape index (κ2) is 5.62. The Hall–Kier alpha value is -1.63. The molecule has 17 heavy (non-hydrogen) atoms. The average molecular weight is 244 g/mol. The summed E-state index contributed by atoms with van der Waals surface area (Å²) in [6.45, 7) is 0.224. The number of carbonyl (C=O) groups excluding carboxylic acids is 2. The van der Waals surface area contributed by atoms with E-state index in [4.69, 9.17) is 9.84 Å². The van der Waals surface area contributed by atoms with Crippen LogP contribution in [0.25, 0.3) is 0 Å². The van der Waals surface area contributed by atoms with Gasteiger partial charge < -0.3 is 20.1 Å². The van der Waals surface area contributed by atoms with Gasteiger partial charge in [-0.1, -0.05) is 0 Å². The van der Waals surface area contributed by atoms with Gasteiger partial charge >= 0.3 is 5.97 Å². The number of hydrogen-bond donors (Lipinski definition) is 2. The van der Waals surface area contributed by atoms with E-state index >= 15 is 0 Å². The molecule has 0 bridgehead atoms. The molecule has 1 aliphatic rings. The van der Waals surface area contributed by atoms with Gasteiger partial charge in [-0.05, 0) is 0 Å². The fourth-order valence-electron chi connectivity index (χ4n) is 1.67. The first kappa shape index (κ1) is 13.4. The minimum atomic E-state index is -1.15. The third-order valence-corrected chi connectivity index (χ3v) is 2.66. The highest BCUT2D eigenvalue weighted by atomic mass is 16.5. The Bertz CT molecular complexity index is 331. The van der Waals surface area contributed by atoms with Crippen LogP contribution in [-0.2, 0) is 19.1 Å². The van der Waals surface area contributed by atoms with Gasteiger partial charge in [-0.25, -0.2) is 4.79 Å². The van der Waals surface area contributed by atoms with Crippen molar-refractivity contribution in [3.63, 3.8) is 0 Å². The lowest BCUT2D eigenvalue weighted by molar-refractivity contribution is -0.143. The summed E-state index contributed by atoms with van der Waals surface area (Å²) in [5.41, 5.74) is 0. The number of rotatable bonds is 5. The minimum Gasteiger partial charge on any atom is -0.480 e. The highest BCUT2D eigenvalue weighted by Crippen LogP contribution is 2.16. The number of aliphatic carboxylic acids is 1. The zero-order valence-corrected chi connectivity index (χ0v) is 9.80. The van der Waals surface area contributed by atoms with E-state index < -0.39 is 23.8 Å². The Morgan fingerprint density at radius 1 is 1.65 bits per heavy atom. The lowest BCUT2D eigenvalue weighted by Crippen LogP contribution is -2.46. The van der Waals surface area contributed by atoms with Gasteiger partial charge in [0.1, 0.15) is 0 Å². The normalized spacial score (nSPS) is 21.4. The second-order valence-electron chi connectivity index (χ2n) is 4.03. The number of nitrogens with one attached hydrogen (secondary N) is 1. The van der Waals surface area contributed by atoms with Crippen LogP contribution in [0.5, 0.6) is 0 Å². The van der Waals surface area contributed by atoms with Crippen molar-refractivity contribution in [3.8, 4) is 0 Å². The van der Waals surface area contributed by atoms with Gasteiger partial charge in [0.05, 0.1) is 12.5 Å². The van der Waals surface area contributed by atoms with Crippen LogP contribution in [0.2, 0.25) is 0 Å². The van der Waals surface area contributed by atoms with Crippen molar-refractivity contribution in [1.29, 1.82) is 0 Å². The molecule has 0 radical (unpaired) electrons. The molecule has 7 heteroatoms. The van der Waals surface area contributed by atoms with Crippen LogP contribution >= 0.6 is 0 Å². The number of nitrogens with zero attached hydrogens (tertiary/aromatic N) is 1. The molecule has 2 N–H and O–H groups in total. The minimum absolute atomic E-state index is 0.0996. The van der Waals surface area contributed by atoms with Crippen molar-refractivity contribution in [3.05, 3.63) is 0 Å². The van der Waals surface area contributed by atoms with Crippen molar-refractivity contribution in [2.75, 3.05) is 27.3 Å². The molecule has 0 saturated carbocycles. The molecule has 2 amide bonds. The fourth-order valence-corrected chi connectivity index (χ4v) is 1.67. The average Bonchev–Trinajstić information content (AvgIpc) is 2.58. The summed E-state index contributed by atoms with van der Waals surface area (Å²) < 4.78 is 4.70. The third kappa shape index (κ3) is 3.42. The summed E-state index contributed by atoms with van der Waals surface area (Å²) in [5.74, 6) is -2.17. The topological polar surface area (TPSA) is 95.9 Å². The predicted octanol–water partition coefficient (Wildman–Crippen LogP) is -1.32. The maximum Gasteiger partial charge on any atom is 0.328 e. The molecule has 0 spiro atoms. The fraction of sp³-hybridized carbons (Fsp3) is 0.700. The zero-order valence-electron chi connectivity index (χ0n) is 9.80. The van der Waals surface area contributed by atoms with E-state index in [0.29, 0.717) is 6.54 Å². The lowest BCUT2D eigenvalue weighted by atomic mass is 10.1. The first-order valence-electron chi connectivity index (χ1n) is 5.21. The molecule has 1 heterocycles. The first-order chi connectivity index (χ1) is 7.95. The van der Waals surface area contributed by atoms with E-state index in [1.165, 1.54) is 12.0 Å². The zero-order chi connectivity index (χ0) is 13.0.